The van der Waals surface area contributed by atoms with E-state index in [1.165, 1.54) is 0 Å². The molecule has 1 aromatic carbocycles. The van der Waals surface area contributed by atoms with Crippen molar-refractivity contribution in [3.8, 4) is 0 Å². The molecule has 0 saturated carbocycles. The van der Waals surface area contributed by atoms with Crippen LogP contribution in [0.15, 0.2) is 24.3 Å². The molecule has 0 amide bonds. The van der Waals surface area contributed by atoms with Crippen molar-refractivity contribution in [2.45, 2.75) is 13.1 Å². The second-order valence-corrected chi connectivity index (χ2v) is 3.59. The first-order valence-corrected chi connectivity index (χ1v) is 4.62. The summed E-state index contributed by atoms with van der Waals surface area (Å²) in [7, 11) is 0. The Hall–Kier alpha value is -1.78. The summed E-state index contributed by atoms with van der Waals surface area (Å²) in [5.74, 6) is 0. The van der Waals surface area contributed by atoms with Crippen molar-refractivity contribution < 1.29 is 13.2 Å². The van der Waals surface area contributed by atoms with Crippen LogP contribution >= 0.6 is 0 Å². The van der Waals surface area contributed by atoms with E-state index in [2.05, 4.69) is 4.98 Å². The zero-order valence-corrected chi connectivity index (χ0v) is 8.47. The number of rotatable bonds is 0. The lowest BCUT2D eigenvalue weighted by Crippen LogP contribution is -2.06. The molecular weight excluding hydrogens is 217 g/mol. The van der Waals surface area contributed by atoms with E-state index in [0.29, 0.717) is 10.9 Å². The van der Waals surface area contributed by atoms with Gasteiger partial charge < -0.3 is 5.73 Å². The van der Waals surface area contributed by atoms with Gasteiger partial charge in [-0.1, -0.05) is 6.07 Å². The molecule has 1 aromatic heterocycles. The van der Waals surface area contributed by atoms with Crippen molar-refractivity contribution in [1.29, 1.82) is 0 Å². The topological polar surface area (TPSA) is 38.9 Å². The Bertz CT molecular complexity index is 547. The maximum absolute atomic E-state index is 12.5. The Morgan fingerprint density at radius 2 is 1.88 bits per heavy atom. The van der Waals surface area contributed by atoms with Crippen LogP contribution in [0.4, 0.5) is 18.9 Å². The van der Waals surface area contributed by atoms with E-state index in [1.807, 2.05) is 0 Å². The summed E-state index contributed by atoms with van der Waals surface area (Å²) in [5, 5.41) is 0.401. The second-order valence-electron chi connectivity index (χ2n) is 3.59. The van der Waals surface area contributed by atoms with Gasteiger partial charge in [0.1, 0.15) is 0 Å². The highest BCUT2D eigenvalue weighted by Crippen LogP contribution is 2.33. The number of aryl methyl sites for hydroxylation is 1. The zero-order chi connectivity index (χ0) is 11.9. The van der Waals surface area contributed by atoms with Crippen molar-refractivity contribution in [3.05, 3.63) is 35.5 Å². The fourth-order valence-corrected chi connectivity index (χ4v) is 1.52. The van der Waals surface area contributed by atoms with Gasteiger partial charge in [0.25, 0.3) is 0 Å². The van der Waals surface area contributed by atoms with E-state index < -0.39 is 11.7 Å². The van der Waals surface area contributed by atoms with Gasteiger partial charge in [-0.15, -0.1) is 0 Å². The van der Waals surface area contributed by atoms with E-state index in [0.717, 1.165) is 17.8 Å². The van der Waals surface area contributed by atoms with Crippen molar-refractivity contribution >= 4 is 16.6 Å². The SMILES string of the molecule is Cc1ccc2cc(C(F)(F)F)cc(N)c2n1. The van der Waals surface area contributed by atoms with Crippen LogP contribution in [0, 0.1) is 6.92 Å². The number of nitrogens with two attached hydrogens (primary N) is 1. The van der Waals surface area contributed by atoms with Crippen molar-refractivity contribution in [2.75, 3.05) is 5.73 Å². The van der Waals surface area contributed by atoms with Crippen molar-refractivity contribution in [2.24, 2.45) is 0 Å². The molecule has 2 aromatic rings. The van der Waals surface area contributed by atoms with E-state index in [4.69, 9.17) is 5.73 Å². The normalized spacial score (nSPS) is 12.0. The van der Waals surface area contributed by atoms with Crippen molar-refractivity contribution in [3.63, 3.8) is 0 Å². The fraction of sp³-hybridized carbons (Fsp3) is 0.182. The number of nitrogens with zero attached hydrogens (tertiary/aromatic N) is 1. The second kappa shape index (κ2) is 3.37. The highest BCUT2D eigenvalue weighted by Gasteiger charge is 2.31. The van der Waals surface area contributed by atoms with Gasteiger partial charge >= 0.3 is 6.18 Å². The summed E-state index contributed by atoms with van der Waals surface area (Å²) in [4.78, 5) is 4.11. The minimum absolute atomic E-state index is 0.0496. The van der Waals surface area contributed by atoms with E-state index >= 15 is 0 Å². The summed E-state index contributed by atoms with van der Waals surface area (Å²) in [6, 6.07) is 5.21. The Balaban J connectivity index is 2.74. The zero-order valence-electron chi connectivity index (χ0n) is 8.47. The van der Waals surface area contributed by atoms with Gasteiger partial charge in [-0.3, -0.25) is 4.98 Å². The molecule has 16 heavy (non-hydrogen) atoms. The van der Waals surface area contributed by atoms with Crippen LogP contribution in [0.2, 0.25) is 0 Å². The Labute approximate surface area is 89.9 Å². The number of hydrogen-bond donors (Lipinski definition) is 1. The number of hydrogen-bond acceptors (Lipinski definition) is 2. The fourth-order valence-electron chi connectivity index (χ4n) is 1.52. The maximum Gasteiger partial charge on any atom is 0.416 e. The lowest BCUT2D eigenvalue weighted by molar-refractivity contribution is -0.137. The monoisotopic (exact) mass is 226 g/mol. The summed E-state index contributed by atoms with van der Waals surface area (Å²) in [6.07, 6.45) is -4.38. The average molecular weight is 226 g/mol. The van der Waals surface area contributed by atoms with Crippen LogP contribution in [0.25, 0.3) is 10.9 Å². The number of nitrogen functional groups attached to an aromatic ring is 1. The van der Waals surface area contributed by atoms with Crippen LogP contribution in [-0.2, 0) is 6.18 Å². The molecule has 0 unspecified atom stereocenters. The first-order valence-electron chi connectivity index (χ1n) is 4.62. The summed E-state index contributed by atoms with van der Waals surface area (Å²) >= 11 is 0. The third-order valence-corrected chi connectivity index (χ3v) is 2.29. The largest absolute Gasteiger partial charge is 0.416 e. The van der Waals surface area contributed by atoms with Gasteiger partial charge in [0.2, 0.25) is 0 Å². The van der Waals surface area contributed by atoms with E-state index in [1.54, 1.807) is 19.1 Å². The first-order chi connectivity index (χ1) is 7.38. The van der Waals surface area contributed by atoms with E-state index in [9.17, 15) is 13.2 Å². The molecule has 0 fully saturated rings. The van der Waals surface area contributed by atoms with Gasteiger partial charge in [0.15, 0.2) is 0 Å². The van der Waals surface area contributed by atoms with Gasteiger partial charge in [0, 0.05) is 11.1 Å². The smallest absolute Gasteiger partial charge is 0.397 e. The average Bonchev–Trinajstić information content (AvgIpc) is 2.17. The number of anilines is 1. The molecule has 2 rings (SSSR count). The van der Waals surface area contributed by atoms with Gasteiger partial charge in [-0.2, -0.15) is 13.2 Å². The summed E-state index contributed by atoms with van der Waals surface area (Å²) in [6.45, 7) is 1.76. The Morgan fingerprint density at radius 1 is 1.19 bits per heavy atom. The van der Waals surface area contributed by atoms with Crippen LogP contribution in [0.1, 0.15) is 11.3 Å². The molecule has 5 heteroatoms. The van der Waals surface area contributed by atoms with Crippen LogP contribution in [0.5, 0.6) is 0 Å². The number of fused-ring (bicyclic) bond motifs is 1. The molecule has 84 valence electrons. The lowest BCUT2D eigenvalue weighted by atomic mass is 10.1. The molecule has 0 aliphatic rings. The summed E-state index contributed by atoms with van der Waals surface area (Å²) in [5.41, 5.74) is 5.99. The minimum Gasteiger partial charge on any atom is -0.397 e. The molecule has 0 aliphatic carbocycles. The molecule has 0 spiro atoms. The quantitative estimate of drug-likeness (QED) is 0.701. The molecular formula is C11H9F3N2. The van der Waals surface area contributed by atoms with Gasteiger partial charge in [-0.05, 0) is 25.1 Å². The highest BCUT2D eigenvalue weighted by atomic mass is 19.4. The number of alkyl halides is 3. The van der Waals surface area contributed by atoms with Gasteiger partial charge in [0.05, 0.1) is 16.8 Å². The van der Waals surface area contributed by atoms with Crippen LogP contribution in [0.3, 0.4) is 0 Å². The number of pyridine rings is 1. The van der Waals surface area contributed by atoms with Gasteiger partial charge in [-0.25, -0.2) is 0 Å². The van der Waals surface area contributed by atoms with E-state index in [-0.39, 0.29) is 5.69 Å². The third kappa shape index (κ3) is 1.80. The molecule has 2 N–H and O–H groups in total. The molecule has 0 saturated heterocycles. The van der Waals surface area contributed by atoms with Crippen LogP contribution < -0.4 is 5.73 Å². The number of aromatic nitrogens is 1. The molecule has 0 bridgehead atoms. The third-order valence-electron chi connectivity index (χ3n) is 2.29. The summed E-state index contributed by atoms with van der Waals surface area (Å²) < 4.78 is 37.5. The first kappa shape index (κ1) is 10.7. The Kier molecular flexibility index (Phi) is 2.26. The minimum atomic E-state index is -4.38. The lowest BCUT2D eigenvalue weighted by Gasteiger charge is -2.09. The Morgan fingerprint density at radius 3 is 2.50 bits per heavy atom. The molecule has 0 radical (unpaired) electrons. The molecule has 0 atom stereocenters. The standard InChI is InChI=1S/C11H9F3N2/c1-6-2-3-7-4-8(11(12,13)14)5-9(15)10(7)16-6/h2-5H,15H2,1H3. The van der Waals surface area contributed by atoms with Crippen LogP contribution in [-0.4, -0.2) is 4.98 Å². The van der Waals surface area contributed by atoms with Crippen molar-refractivity contribution in [1.82, 2.24) is 4.98 Å². The number of benzene rings is 1. The predicted octanol–water partition coefficient (Wildman–Crippen LogP) is 3.14. The highest BCUT2D eigenvalue weighted by molar-refractivity contribution is 5.90. The predicted molar refractivity (Wildman–Crippen MR) is 55.9 cm³/mol. The molecule has 0 aliphatic heterocycles. The maximum atomic E-state index is 12.5. The molecule has 1 heterocycles. The number of halogens is 3. The molecule has 2 nitrogen and oxygen atoms in total.